The topological polar surface area (TPSA) is 79.3 Å². The molecule has 1 atom stereocenters. The maximum absolute atomic E-state index is 13.2. The van der Waals surface area contributed by atoms with E-state index in [0.29, 0.717) is 30.9 Å². The average molecular weight is 481 g/mol. The standard InChI is InChI=1S/C28H36N2O5/c1-6-18-34-22-12-8-20(9-13-22)25-24(27(32)28(33)30(25)17-7-16-29(4)5)26(31)21-10-14-23(15-11-21)35-19(2)3/h8-15,19,25,31H,6-7,16-18H2,1-5H3/b26-24+/t25-/m1/s1. The van der Waals surface area contributed by atoms with E-state index in [9.17, 15) is 14.7 Å². The zero-order valence-corrected chi connectivity index (χ0v) is 21.3. The average Bonchev–Trinajstić information content (AvgIpc) is 3.07. The molecule has 0 radical (unpaired) electrons. The molecule has 1 heterocycles. The number of carbonyl (C=O) groups excluding carboxylic acids is 2. The SMILES string of the molecule is CCCOc1ccc([C@@H]2/C(=C(\O)c3ccc(OC(C)C)cc3)C(=O)C(=O)N2CCCN(C)C)cc1. The molecule has 1 amide bonds. The predicted octanol–water partition coefficient (Wildman–Crippen LogP) is 4.64. The van der Waals surface area contributed by atoms with E-state index in [0.717, 1.165) is 24.3 Å². The van der Waals surface area contributed by atoms with Crippen molar-refractivity contribution in [2.45, 2.75) is 45.8 Å². The summed E-state index contributed by atoms with van der Waals surface area (Å²) in [5, 5.41) is 11.2. The van der Waals surface area contributed by atoms with Gasteiger partial charge in [-0.2, -0.15) is 0 Å². The normalized spacial score (nSPS) is 17.5. The van der Waals surface area contributed by atoms with Crippen LogP contribution in [0, 0.1) is 0 Å². The Labute approximate surface area is 207 Å². The van der Waals surface area contributed by atoms with Gasteiger partial charge in [0.05, 0.1) is 24.3 Å². The molecule has 188 valence electrons. The van der Waals surface area contributed by atoms with Crippen LogP contribution < -0.4 is 9.47 Å². The summed E-state index contributed by atoms with van der Waals surface area (Å²) in [6.07, 6.45) is 1.62. The van der Waals surface area contributed by atoms with Crippen LogP contribution in [0.3, 0.4) is 0 Å². The molecule has 1 fully saturated rings. The fourth-order valence-electron chi connectivity index (χ4n) is 4.10. The number of likely N-dealkylation sites (tertiary alicyclic amines) is 1. The van der Waals surface area contributed by atoms with Gasteiger partial charge in [0.25, 0.3) is 11.7 Å². The van der Waals surface area contributed by atoms with E-state index < -0.39 is 17.7 Å². The molecule has 0 aromatic heterocycles. The van der Waals surface area contributed by atoms with E-state index >= 15 is 0 Å². The summed E-state index contributed by atoms with van der Waals surface area (Å²) in [7, 11) is 3.93. The molecule has 0 saturated carbocycles. The Kier molecular flexibility index (Phi) is 8.93. The number of rotatable bonds is 11. The van der Waals surface area contributed by atoms with E-state index in [4.69, 9.17) is 9.47 Å². The quantitative estimate of drug-likeness (QED) is 0.287. The molecule has 1 saturated heterocycles. The number of Topliss-reactive ketones (excluding diaryl/α,β-unsaturated/α-hetero) is 1. The van der Waals surface area contributed by atoms with Crippen molar-refractivity contribution in [2.24, 2.45) is 0 Å². The zero-order valence-electron chi connectivity index (χ0n) is 21.3. The van der Waals surface area contributed by atoms with E-state index in [1.807, 2.05) is 64.0 Å². The second-order valence-electron chi connectivity index (χ2n) is 9.26. The van der Waals surface area contributed by atoms with Crippen LogP contribution >= 0.6 is 0 Å². The third kappa shape index (κ3) is 6.42. The lowest BCUT2D eigenvalue weighted by molar-refractivity contribution is -0.139. The number of hydrogen-bond acceptors (Lipinski definition) is 6. The van der Waals surface area contributed by atoms with E-state index in [-0.39, 0.29) is 17.4 Å². The van der Waals surface area contributed by atoms with Crippen molar-refractivity contribution >= 4 is 17.4 Å². The van der Waals surface area contributed by atoms with Crippen molar-refractivity contribution in [2.75, 3.05) is 33.8 Å². The molecular formula is C28H36N2O5. The summed E-state index contributed by atoms with van der Waals surface area (Å²) in [5.41, 5.74) is 1.30. The Balaban J connectivity index is 2.01. The molecule has 35 heavy (non-hydrogen) atoms. The summed E-state index contributed by atoms with van der Waals surface area (Å²) in [5.74, 6) is -0.0702. The van der Waals surface area contributed by atoms with Gasteiger partial charge in [-0.25, -0.2) is 0 Å². The Hall–Kier alpha value is -3.32. The van der Waals surface area contributed by atoms with Gasteiger partial charge in [-0.05, 0) is 89.3 Å². The second kappa shape index (κ2) is 11.9. The maximum Gasteiger partial charge on any atom is 0.295 e. The predicted molar refractivity (Wildman–Crippen MR) is 137 cm³/mol. The third-order valence-electron chi connectivity index (χ3n) is 5.71. The van der Waals surface area contributed by atoms with Crippen molar-refractivity contribution in [1.29, 1.82) is 0 Å². The fraction of sp³-hybridized carbons (Fsp3) is 0.429. The highest BCUT2D eigenvalue weighted by Crippen LogP contribution is 2.40. The van der Waals surface area contributed by atoms with Crippen molar-refractivity contribution in [3.8, 4) is 11.5 Å². The number of amides is 1. The van der Waals surface area contributed by atoms with Crippen molar-refractivity contribution in [3.05, 3.63) is 65.2 Å². The first-order chi connectivity index (χ1) is 16.7. The lowest BCUT2D eigenvalue weighted by atomic mass is 9.95. The second-order valence-corrected chi connectivity index (χ2v) is 9.26. The lowest BCUT2D eigenvalue weighted by Crippen LogP contribution is -2.32. The molecule has 0 spiro atoms. The van der Waals surface area contributed by atoms with Crippen LogP contribution in [0.5, 0.6) is 11.5 Å². The van der Waals surface area contributed by atoms with E-state index in [1.165, 1.54) is 0 Å². The summed E-state index contributed by atoms with van der Waals surface area (Å²) in [6.45, 7) is 7.70. The first kappa shape index (κ1) is 26.3. The van der Waals surface area contributed by atoms with Gasteiger partial charge < -0.3 is 24.4 Å². The van der Waals surface area contributed by atoms with Gasteiger partial charge in [0, 0.05) is 12.1 Å². The van der Waals surface area contributed by atoms with Crippen molar-refractivity contribution in [3.63, 3.8) is 0 Å². The molecule has 0 aliphatic carbocycles. The molecule has 2 aromatic carbocycles. The molecule has 1 N–H and O–H groups in total. The largest absolute Gasteiger partial charge is 0.507 e. The number of aliphatic hydroxyl groups is 1. The van der Waals surface area contributed by atoms with Crippen molar-refractivity contribution < 1.29 is 24.2 Å². The van der Waals surface area contributed by atoms with Crippen LogP contribution in [-0.4, -0.2) is 66.5 Å². The van der Waals surface area contributed by atoms with E-state index in [2.05, 4.69) is 0 Å². The molecular weight excluding hydrogens is 444 g/mol. The summed E-state index contributed by atoms with van der Waals surface area (Å²) in [4.78, 5) is 29.8. The molecule has 0 bridgehead atoms. The Morgan fingerprint density at radius 1 is 1.03 bits per heavy atom. The smallest absolute Gasteiger partial charge is 0.295 e. The number of aliphatic hydroxyl groups excluding tert-OH is 1. The highest BCUT2D eigenvalue weighted by Gasteiger charge is 2.45. The summed E-state index contributed by atoms with van der Waals surface area (Å²) in [6, 6.07) is 13.6. The van der Waals surface area contributed by atoms with Crippen LogP contribution in [0.15, 0.2) is 54.1 Å². The summed E-state index contributed by atoms with van der Waals surface area (Å²) >= 11 is 0. The minimum atomic E-state index is -0.677. The number of carbonyl (C=O) groups is 2. The fourth-order valence-corrected chi connectivity index (χ4v) is 4.10. The van der Waals surface area contributed by atoms with Crippen LogP contribution in [-0.2, 0) is 9.59 Å². The number of benzene rings is 2. The van der Waals surface area contributed by atoms with Gasteiger partial charge in [0.1, 0.15) is 17.3 Å². The lowest BCUT2D eigenvalue weighted by Gasteiger charge is -2.26. The molecule has 0 unspecified atom stereocenters. The van der Waals surface area contributed by atoms with Gasteiger partial charge >= 0.3 is 0 Å². The third-order valence-corrected chi connectivity index (χ3v) is 5.71. The van der Waals surface area contributed by atoms with E-state index in [1.54, 1.807) is 29.2 Å². The maximum atomic E-state index is 13.2. The molecule has 2 aromatic rings. The van der Waals surface area contributed by atoms with Gasteiger partial charge in [-0.15, -0.1) is 0 Å². The van der Waals surface area contributed by atoms with Crippen molar-refractivity contribution in [1.82, 2.24) is 9.80 Å². The number of nitrogens with zero attached hydrogens (tertiary/aromatic N) is 2. The van der Waals surface area contributed by atoms with Crippen LogP contribution in [0.2, 0.25) is 0 Å². The Bertz CT molecular complexity index is 1040. The highest BCUT2D eigenvalue weighted by molar-refractivity contribution is 6.46. The molecule has 7 nitrogen and oxygen atoms in total. The Morgan fingerprint density at radius 2 is 1.66 bits per heavy atom. The molecule has 7 heteroatoms. The Morgan fingerprint density at radius 3 is 2.23 bits per heavy atom. The molecule has 1 aliphatic rings. The van der Waals surface area contributed by atoms with Gasteiger partial charge in [0.15, 0.2) is 0 Å². The van der Waals surface area contributed by atoms with Crippen LogP contribution in [0.4, 0.5) is 0 Å². The minimum absolute atomic E-state index is 0.0196. The number of ketones is 1. The number of hydrogen-bond donors (Lipinski definition) is 1. The van der Waals surface area contributed by atoms with Crippen LogP contribution in [0.25, 0.3) is 5.76 Å². The highest BCUT2D eigenvalue weighted by atomic mass is 16.5. The van der Waals surface area contributed by atoms with Gasteiger partial charge in [-0.1, -0.05) is 19.1 Å². The summed E-state index contributed by atoms with van der Waals surface area (Å²) < 4.78 is 11.4. The first-order valence-electron chi connectivity index (χ1n) is 12.2. The molecule has 1 aliphatic heterocycles. The van der Waals surface area contributed by atoms with Crippen LogP contribution in [0.1, 0.15) is 50.8 Å². The number of ether oxygens (including phenoxy) is 2. The van der Waals surface area contributed by atoms with Gasteiger partial charge in [-0.3, -0.25) is 9.59 Å². The molecule has 3 rings (SSSR count). The zero-order chi connectivity index (χ0) is 25.5. The van der Waals surface area contributed by atoms with Gasteiger partial charge in [0.2, 0.25) is 0 Å². The first-order valence-corrected chi connectivity index (χ1v) is 12.2. The minimum Gasteiger partial charge on any atom is -0.507 e. The monoisotopic (exact) mass is 480 g/mol.